The molecule has 124 valence electrons. The lowest BCUT2D eigenvalue weighted by atomic mass is 10.1. The summed E-state index contributed by atoms with van der Waals surface area (Å²) < 4.78 is 0. The average molecular weight is 363 g/mol. The minimum atomic E-state index is -0.349. The van der Waals surface area contributed by atoms with Crippen LogP contribution in [0.3, 0.4) is 0 Å². The molecule has 0 unspecified atom stereocenters. The third-order valence-electron chi connectivity index (χ3n) is 3.20. The topological polar surface area (TPSA) is 49.4 Å². The van der Waals surface area contributed by atoms with E-state index in [0.717, 1.165) is 5.56 Å². The maximum atomic E-state index is 12.0. The van der Waals surface area contributed by atoms with Crippen LogP contribution in [0.1, 0.15) is 15.9 Å². The predicted octanol–water partition coefficient (Wildman–Crippen LogP) is 4.35. The van der Waals surface area contributed by atoms with Gasteiger partial charge in [-0.25, -0.2) is 0 Å². The highest BCUT2D eigenvalue weighted by Gasteiger charge is 2.08. The maximum absolute atomic E-state index is 12.0. The second-order valence-electron chi connectivity index (χ2n) is 5.24. The largest absolute Gasteiger partial charge is 0.345 e. The van der Waals surface area contributed by atoms with E-state index in [2.05, 4.69) is 5.32 Å². The van der Waals surface area contributed by atoms with Crippen molar-refractivity contribution in [1.82, 2.24) is 4.90 Å². The Morgan fingerprint density at radius 3 is 2.12 bits per heavy atom. The number of anilines is 1. The molecular formula is C18H16Cl2N2O2. The molecule has 2 aromatic carbocycles. The van der Waals surface area contributed by atoms with Crippen molar-refractivity contribution in [3.63, 3.8) is 0 Å². The summed E-state index contributed by atoms with van der Waals surface area (Å²) in [5, 5.41) is 3.39. The maximum Gasteiger partial charge on any atom is 0.253 e. The molecule has 0 aliphatic heterocycles. The summed E-state index contributed by atoms with van der Waals surface area (Å²) >= 11 is 12.0. The summed E-state index contributed by atoms with van der Waals surface area (Å²) in [7, 11) is 3.39. The van der Waals surface area contributed by atoms with Crippen LogP contribution >= 0.6 is 23.2 Å². The minimum absolute atomic E-state index is 0.0726. The van der Waals surface area contributed by atoms with Gasteiger partial charge in [-0.3, -0.25) is 9.59 Å². The number of amides is 2. The molecule has 0 aliphatic rings. The van der Waals surface area contributed by atoms with E-state index in [0.29, 0.717) is 21.3 Å². The molecule has 2 amide bonds. The molecule has 0 saturated carbocycles. The Morgan fingerprint density at radius 2 is 1.58 bits per heavy atom. The second-order valence-corrected chi connectivity index (χ2v) is 6.06. The van der Waals surface area contributed by atoms with Gasteiger partial charge in [0.15, 0.2) is 0 Å². The van der Waals surface area contributed by atoms with Gasteiger partial charge in [0.25, 0.3) is 5.91 Å². The van der Waals surface area contributed by atoms with Crippen molar-refractivity contribution in [2.24, 2.45) is 0 Å². The molecule has 1 N–H and O–H groups in total. The molecule has 0 spiro atoms. The summed E-state index contributed by atoms with van der Waals surface area (Å²) in [5.74, 6) is -0.421. The number of hydrogen-bond acceptors (Lipinski definition) is 2. The smallest absolute Gasteiger partial charge is 0.253 e. The molecule has 6 heteroatoms. The summed E-state index contributed by atoms with van der Waals surface area (Å²) in [6.45, 7) is 0. The number of nitrogens with one attached hydrogen (secondary N) is 1. The van der Waals surface area contributed by atoms with E-state index in [1.165, 1.54) is 11.0 Å². The highest BCUT2D eigenvalue weighted by Crippen LogP contribution is 2.29. The first-order valence-corrected chi connectivity index (χ1v) is 7.89. The first kappa shape index (κ1) is 18.0. The zero-order valence-electron chi connectivity index (χ0n) is 13.2. The van der Waals surface area contributed by atoms with Crippen LogP contribution in [0.15, 0.2) is 48.5 Å². The first-order valence-electron chi connectivity index (χ1n) is 7.13. The van der Waals surface area contributed by atoms with Crippen LogP contribution in [0.5, 0.6) is 0 Å². The van der Waals surface area contributed by atoms with E-state index in [1.54, 1.807) is 62.6 Å². The molecule has 0 bridgehead atoms. The Kier molecular flexibility index (Phi) is 6.01. The Bertz CT molecular complexity index is 764. The molecule has 24 heavy (non-hydrogen) atoms. The fourth-order valence-corrected chi connectivity index (χ4v) is 2.44. The first-order chi connectivity index (χ1) is 11.4. The van der Waals surface area contributed by atoms with E-state index in [1.807, 2.05) is 0 Å². The number of rotatable bonds is 4. The van der Waals surface area contributed by atoms with Crippen LogP contribution in [0.25, 0.3) is 6.08 Å². The van der Waals surface area contributed by atoms with Crippen LogP contribution in [0.4, 0.5) is 5.69 Å². The Balaban J connectivity index is 2.05. The third-order valence-corrected chi connectivity index (χ3v) is 3.83. The van der Waals surface area contributed by atoms with Gasteiger partial charge in [-0.2, -0.15) is 0 Å². The van der Waals surface area contributed by atoms with Gasteiger partial charge in [-0.05, 0) is 35.9 Å². The molecular weight excluding hydrogens is 347 g/mol. The number of para-hydroxylation sites is 1. The number of hydrogen-bond donors (Lipinski definition) is 1. The van der Waals surface area contributed by atoms with Gasteiger partial charge in [0.2, 0.25) is 5.91 Å². The van der Waals surface area contributed by atoms with Crippen LogP contribution in [-0.2, 0) is 4.79 Å². The van der Waals surface area contributed by atoms with E-state index in [-0.39, 0.29) is 11.8 Å². The fourth-order valence-electron chi connectivity index (χ4n) is 1.95. The van der Waals surface area contributed by atoms with Crippen LogP contribution in [0.2, 0.25) is 10.0 Å². The zero-order valence-corrected chi connectivity index (χ0v) is 14.7. The molecule has 0 aromatic heterocycles. The van der Waals surface area contributed by atoms with E-state index >= 15 is 0 Å². The lowest BCUT2D eigenvalue weighted by Gasteiger charge is -2.09. The molecule has 4 nitrogen and oxygen atoms in total. The summed E-state index contributed by atoms with van der Waals surface area (Å²) in [6.07, 6.45) is 3.02. The van der Waals surface area contributed by atoms with E-state index in [4.69, 9.17) is 23.2 Å². The lowest BCUT2D eigenvalue weighted by Crippen LogP contribution is -2.21. The Morgan fingerprint density at radius 1 is 1.00 bits per heavy atom. The lowest BCUT2D eigenvalue weighted by molar-refractivity contribution is -0.111. The normalized spacial score (nSPS) is 10.7. The van der Waals surface area contributed by atoms with Crippen LogP contribution < -0.4 is 5.32 Å². The molecule has 0 radical (unpaired) electrons. The number of carbonyl (C=O) groups is 2. The zero-order chi connectivity index (χ0) is 17.7. The van der Waals surface area contributed by atoms with E-state index < -0.39 is 0 Å². The number of benzene rings is 2. The molecule has 0 aliphatic carbocycles. The van der Waals surface area contributed by atoms with Crippen molar-refractivity contribution < 1.29 is 9.59 Å². The molecule has 0 saturated heterocycles. The summed E-state index contributed by atoms with van der Waals surface area (Å²) in [4.78, 5) is 25.3. The summed E-state index contributed by atoms with van der Waals surface area (Å²) in [6, 6.07) is 12.0. The van der Waals surface area contributed by atoms with Gasteiger partial charge < -0.3 is 10.2 Å². The summed E-state index contributed by atoms with van der Waals surface area (Å²) in [5.41, 5.74) is 1.76. The van der Waals surface area contributed by atoms with Crippen molar-refractivity contribution in [2.75, 3.05) is 19.4 Å². The highest BCUT2D eigenvalue weighted by atomic mass is 35.5. The molecule has 0 fully saturated rings. The number of nitrogens with zero attached hydrogens (tertiary/aromatic N) is 1. The van der Waals surface area contributed by atoms with Crippen molar-refractivity contribution in [3.8, 4) is 0 Å². The number of carbonyl (C=O) groups excluding carboxylic acids is 2. The van der Waals surface area contributed by atoms with E-state index in [9.17, 15) is 9.59 Å². The highest BCUT2D eigenvalue weighted by molar-refractivity contribution is 6.39. The molecule has 0 heterocycles. The predicted molar refractivity (Wildman–Crippen MR) is 98.6 cm³/mol. The van der Waals surface area contributed by atoms with Gasteiger partial charge >= 0.3 is 0 Å². The molecule has 0 atom stereocenters. The Labute approximate surface area is 150 Å². The third kappa shape index (κ3) is 4.60. The van der Waals surface area contributed by atoms with Gasteiger partial charge in [0.05, 0.1) is 15.7 Å². The van der Waals surface area contributed by atoms with Crippen molar-refractivity contribution in [3.05, 3.63) is 69.7 Å². The van der Waals surface area contributed by atoms with Crippen LogP contribution in [-0.4, -0.2) is 30.8 Å². The van der Waals surface area contributed by atoms with Crippen molar-refractivity contribution in [2.45, 2.75) is 0 Å². The monoisotopic (exact) mass is 362 g/mol. The molecule has 2 rings (SSSR count). The average Bonchev–Trinajstić information content (AvgIpc) is 2.56. The second kappa shape index (κ2) is 7.99. The SMILES string of the molecule is CN(C)C(=O)c1ccc(/C=C/C(=O)Nc2c(Cl)cccc2Cl)cc1. The minimum Gasteiger partial charge on any atom is -0.345 e. The fraction of sp³-hybridized carbons (Fsp3) is 0.111. The Hall–Kier alpha value is -2.30. The quantitative estimate of drug-likeness (QED) is 0.822. The van der Waals surface area contributed by atoms with Crippen molar-refractivity contribution in [1.29, 1.82) is 0 Å². The standard InChI is InChI=1S/C18H16Cl2N2O2/c1-22(2)18(24)13-9-6-12(7-10-13)8-11-16(23)21-17-14(19)4-3-5-15(17)20/h3-11H,1-2H3,(H,21,23)/b11-8+. The molecule has 2 aromatic rings. The van der Waals surface area contributed by atoms with Gasteiger partial charge in [-0.1, -0.05) is 41.4 Å². The van der Waals surface area contributed by atoms with Crippen molar-refractivity contribution >= 4 is 46.8 Å². The van der Waals surface area contributed by atoms with Gasteiger partial charge in [0, 0.05) is 25.7 Å². The number of halogens is 2. The van der Waals surface area contributed by atoms with Crippen LogP contribution in [0, 0.1) is 0 Å². The van der Waals surface area contributed by atoms with Gasteiger partial charge in [0.1, 0.15) is 0 Å². The van der Waals surface area contributed by atoms with Gasteiger partial charge in [-0.15, -0.1) is 0 Å².